The Kier molecular flexibility index (Phi) is 35.6. The molecule has 582 valence electrons. The Balaban J connectivity index is 1.17. The predicted octanol–water partition coefficient (Wildman–Crippen LogP) is -5.11. The number of rotatable bonds is 37. The number of methoxy groups -OCH3 is 1. The van der Waals surface area contributed by atoms with Crippen LogP contribution in [0, 0.1) is 0 Å². The van der Waals surface area contributed by atoms with Gasteiger partial charge in [0.1, 0.15) is 147 Å². The van der Waals surface area contributed by atoms with Crippen LogP contribution in [0.25, 0.3) is 0 Å². The quantitative estimate of drug-likeness (QED) is 0.0157. The first-order valence-corrected chi connectivity index (χ1v) is 34.9. The molecule has 5 amide bonds. The Morgan fingerprint density at radius 1 is 0.396 bits per heavy atom. The van der Waals surface area contributed by atoms with Gasteiger partial charge in [0.25, 0.3) is 0 Å². The summed E-state index contributed by atoms with van der Waals surface area (Å²) < 4.78 is 77.4. The number of aliphatic hydroxyl groups is 12. The molecule has 0 aromatic carbocycles. The Hall–Kier alpha value is -4.40. The topological polar surface area (TPSA) is 525 Å². The molecule has 17 unspecified atom stereocenters. The number of aliphatic hydroxyl groups excluding tert-OH is 12. The van der Waals surface area contributed by atoms with Crippen molar-refractivity contribution >= 4 is 35.5 Å². The number of amides is 5. The van der Waals surface area contributed by atoms with Crippen molar-refractivity contribution in [3.05, 3.63) is 12.2 Å². The molecular weight excluding hydrogens is 1350 g/mol. The van der Waals surface area contributed by atoms with Crippen LogP contribution < -0.4 is 26.6 Å². The zero-order valence-corrected chi connectivity index (χ0v) is 58.5. The molecule has 0 aromatic heterocycles. The van der Waals surface area contributed by atoms with Crippen molar-refractivity contribution in [3.63, 3.8) is 0 Å². The van der Waals surface area contributed by atoms with Gasteiger partial charge in [-0.25, -0.2) is 0 Å². The predicted molar refractivity (Wildman–Crippen MR) is 344 cm³/mol. The molecule has 36 heteroatoms. The van der Waals surface area contributed by atoms with E-state index in [1.54, 1.807) is 0 Å². The highest BCUT2D eigenvalue weighted by Crippen LogP contribution is 2.37. The van der Waals surface area contributed by atoms with Gasteiger partial charge < -0.3 is 149 Å². The van der Waals surface area contributed by atoms with Crippen molar-refractivity contribution in [2.45, 2.75) is 322 Å². The summed E-state index contributed by atoms with van der Waals surface area (Å²) in [5.41, 5.74) is 0. The lowest BCUT2D eigenvalue weighted by Gasteiger charge is -2.51. The van der Waals surface area contributed by atoms with Crippen molar-refractivity contribution in [1.29, 1.82) is 0 Å². The number of hydrogen-bond acceptors (Lipinski definition) is 31. The third kappa shape index (κ3) is 24.1. The van der Waals surface area contributed by atoms with Gasteiger partial charge in [0, 0.05) is 48.1 Å². The summed E-state index contributed by atoms with van der Waals surface area (Å²) in [6, 6.07) is -8.44. The minimum absolute atomic E-state index is 0.00347. The standard InChI is InChI=1S/C65H111N5O31/c1-9-10-11-12-13-14-15-16-17-18-19-20-21-22-23-24-41(79)70-43-49(82)48(81)39(28-90-35(7)78)97-61(43)98-55-36(25-71)94-62(44(51(55)84)67-32(4)75)99-56-37(26-72)95-63(45(52(56)85)68-33(5)76)100-57-38(27-73)96-64(46(53(57)86)69-34(6)77)101-58-40(93-60(88)42(50(58)83)66-31(3)74)29-91-65-59(89-8)54(87)47(80)30(2)92-65/h14-15,30,36-40,42-65,71-73,80-88H,9-13,16-29H2,1-8H3,(H,66,74)(H,67,75)(H,68,76)(H,69,77)(H,70,79)/b15-14-/t30?,36?,37?,38?,39?,40?,42?,43?,44?,45?,46?,47-,48-,49?,50?,51?,52?,53?,54?,55-,56-,57-,58-,59-,60-,61+,62+,63+,64+,65-/m1/s1. The second-order valence-electron chi connectivity index (χ2n) is 26.5. The van der Waals surface area contributed by atoms with Crippen LogP contribution in [0.2, 0.25) is 0 Å². The van der Waals surface area contributed by atoms with E-state index in [-0.39, 0.29) is 6.42 Å². The molecule has 36 nitrogen and oxygen atoms in total. The van der Waals surface area contributed by atoms with Gasteiger partial charge in [0.05, 0.1) is 32.5 Å². The molecule has 0 aromatic rings. The number of esters is 1. The van der Waals surface area contributed by atoms with Gasteiger partial charge >= 0.3 is 5.97 Å². The van der Waals surface area contributed by atoms with E-state index in [0.29, 0.717) is 6.42 Å². The zero-order chi connectivity index (χ0) is 74.4. The maximum atomic E-state index is 13.6. The molecule has 30 atom stereocenters. The lowest BCUT2D eigenvalue weighted by atomic mass is 9.93. The van der Waals surface area contributed by atoms with Gasteiger partial charge in [-0.1, -0.05) is 70.4 Å². The first kappa shape index (κ1) is 85.5. The minimum Gasteiger partial charge on any atom is -0.463 e. The molecule has 17 N–H and O–H groups in total. The summed E-state index contributed by atoms with van der Waals surface area (Å²) in [5, 5.41) is 149. The van der Waals surface area contributed by atoms with Gasteiger partial charge in [-0.3, -0.25) is 28.8 Å². The van der Waals surface area contributed by atoms with Crippen LogP contribution in [0.15, 0.2) is 12.2 Å². The molecule has 6 saturated heterocycles. The lowest BCUT2D eigenvalue weighted by Crippen LogP contribution is -2.72. The van der Waals surface area contributed by atoms with E-state index in [9.17, 15) is 90.0 Å². The third-order valence-electron chi connectivity index (χ3n) is 18.5. The maximum absolute atomic E-state index is 13.6. The Morgan fingerprint density at radius 2 is 0.782 bits per heavy atom. The highest BCUT2D eigenvalue weighted by Gasteiger charge is 2.58. The second kappa shape index (κ2) is 42.1. The number of hydrogen-bond donors (Lipinski definition) is 17. The maximum Gasteiger partial charge on any atom is 0.302 e. The van der Waals surface area contributed by atoms with Gasteiger partial charge in [0.2, 0.25) is 29.5 Å². The van der Waals surface area contributed by atoms with E-state index in [4.69, 9.17) is 61.6 Å². The highest BCUT2D eigenvalue weighted by molar-refractivity contribution is 5.76. The first-order chi connectivity index (χ1) is 48.1. The van der Waals surface area contributed by atoms with Crippen LogP contribution in [0.3, 0.4) is 0 Å². The average molecular weight is 1460 g/mol. The molecule has 6 fully saturated rings. The van der Waals surface area contributed by atoms with E-state index in [2.05, 4.69) is 45.7 Å². The normalized spacial score (nSPS) is 39.0. The van der Waals surface area contributed by atoms with Crippen molar-refractivity contribution < 1.29 is 152 Å². The lowest BCUT2D eigenvalue weighted by molar-refractivity contribution is -0.368. The first-order valence-electron chi connectivity index (χ1n) is 34.9. The summed E-state index contributed by atoms with van der Waals surface area (Å²) >= 11 is 0. The monoisotopic (exact) mass is 1460 g/mol. The fraction of sp³-hybridized carbons (Fsp3) is 0.877. The number of nitrogens with one attached hydrogen (secondary N) is 5. The average Bonchev–Trinajstić information content (AvgIpc) is 0.772. The molecule has 0 bridgehead atoms. The van der Waals surface area contributed by atoms with Crippen molar-refractivity contribution in [2.24, 2.45) is 0 Å². The summed E-state index contributed by atoms with van der Waals surface area (Å²) in [7, 11) is 1.21. The summed E-state index contributed by atoms with van der Waals surface area (Å²) in [5.74, 6) is -4.53. The second-order valence-corrected chi connectivity index (χ2v) is 26.5. The Bertz CT molecular complexity index is 2570. The molecule has 0 spiro atoms. The largest absolute Gasteiger partial charge is 0.463 e. The Morgan fingerprint density at radius 3 is 1.20 bits per heavy atom. The molecule has 6 rings (SSSR count). The number of allylic oxidation sites excluding steroid dienone is 2. The van der Waals surface area contributed by atoms with Crippen LogP contribution in [-0.4, -0.2) is 321 Å². The SMILES string of the molecule is CCCCCC/C=C\CCCCCCCCCC(=O)NC1C(O)[C@H](O)C(COC(C)=O)O[C@H]1O[C@@H]1C(CO)O[C@@H](O[C@@H]2C(CO)O[C@@H](O[C@@H]3C(CO)O[C@@H](O[C@@H]4C(CO[C@@H]5OC(C)[C@@H](O)C(O)[C@H]5OC)O[C@@H](O)C(NC(C)=O)C4O)C(NC(C)=O)C3O)C(NC(C)=O)C2O)C(NC(C)=O)C1O. The van der Waals surface area contributed by atoms with E-state index in [1.165, 1.54) is 39.7 Å². The smallest absolute Gasteiger partial charge is 0.302 e. The van der Waals surface area contributed by atoms with Gasteiger partial charge in [-0.15, -0.1) is 0 Å². The number of carbonyl (C=O) groups is 6. The van der Waals surface area contributed by atoms with E-state index in [0.717, 1.165) is 86.0 Å². The molecule has 0 aliphatic carbocycles. The Labute approximate surface area is 586 Å². The fourth-order valence-corrected chi connectivity index (χ4v) is 13.2. The van der Waals surface area contributed by atoms with E-state index in [1.807, 2.05) is 0 Å². The number of ether oxygens (including phenoxy) is 13. The van der Waals surface area contributed by atoms with Crippen molar-refractivity contribution in [2.75, 3.05) is 40.1 Å². The molecule has 0 saturated carbocycles. The van der Waals surface area contributed by atoms with Gasteiger partial charge in [-0.05, 0) is 39.0 Å². The van der Waals surface area contributed by atoms with Crippen molar-refractivity contribution in [1.82, 2.24) is 26.6 Å². The number of unbranched alkanes of at least 4 members (excludes halogenated alkanes) is 11. The van der Waals surface area contributed by atoms with Crippen LogP contribution in [0.5, 0.6) is 0 Å². The van der Waals surface area contributed by atoms with Crippen LogP contribution in [0.1, 0.15) is 138 Å². The molecule has 6 aliphatic heterocycles. The fourth-order valence-electron chi connectivity index (χ4n) is 13.2. The van der Waals surface area contributed by atoms with E-state index >= 15 is 0 Å². The van der Waals surface area contributed by atoms with Gasteiger partial charge in [0.15, 0.2) is 37.7 Å². The van der Waals surface area contributed by atoms with Crippen LogP contribution >= 0.6 is 0 Å². The molecule has 6 heterocycles. The molecule has 101 heavy (non-hydrogen) atoms. The highest BCUT2D eigenvalue weighted by atomic mass is 16.8. The molecule has 0 radical (unpaired) electrons. The van der Waals surface area contributed by atoms with Crippen LogP contribution in [-0.2, 0) is 90.3 Å². The van der Waals surface area contributed by atoms with E-state index < -0.39 is 252 Å². The van der Waals surface area contributed by atoms with Crippen molar-refractivity contribution in [3.8, 4) is 0 Å². The molecule has 6 aliphatic rings. The summed E-state index contributed by atoms with van der Waals surface area (Å²) in [4.78, 5) is 76.7. The number of carbonyl (C=O) groups excluding carboxylic acids is 6. The molecular formula is C65H111N5O31. The van der Waals surface area contributed by atoms with Gasteiger partial charge in [-0.2, -0.15) is 0 Å². The third-order valence-corrected chi connectivity index (χ3v) is 18.5. The van der Waals surface area contributed by atoms with Crippen LogP contribution in [0.4, 0.5) is 0 Å². The minimum atomic E-state index is -2.06. The zero-order valence-electron chi connectivity index (χ0n) is 58.5. The summed E-state index contributed by atoms with van der Waals surface area (Å²) in [6.45, 7) is 4.63. The summed E-state index contributed by atoms with van der Waals surface area (Å²) in [6.07, 6.45) is -25.3.